The molecule has 0 aliphatic rings. The van der Waals surface area contributed by atoms with Crippen molar-refractivity contribution >= 4 is 33.5 Å². The number of hydrogen-bond acceptors (Lipinski definition) is 8. The summed E-state index contributed by atoms with van der Waals surface area (Å²) < 4.78 is 20.8. The first kappa shape index (κ1) is 25.8. The molecule has 0 aromatic heterocycles. The Kier molecular flexibility index (Phi) is 13.1. The van der Waals surface area contributed by atoms with Gasteiger partial charge in [-0.1, -0.05) is 52.8 Å². The Balaban J connectivity index is 2.52. The molecule has 0 N–H and O–H groups in total. The summed E-state index contributed by atoms with van der Waals surface area (Å²) in [5.74, 6) is 1.21. The zero-order chi connectivity index (χ0) is 21.5. The van der Waals surface area contributed by atoms with Gasteiger partial charge in [0.05, 0.1) is 6.61 Å². The lowest BCUT2D eigenvalue weighted by atomic mass is 9.93. The molecule has 0 spiro atoms. The van der Waals surface area contributed by atoms with Crippen molar-refractivity contribution in [2.45, 2.75) is 39.0 Å². The predicted octanol–water partition coefficient (Wildman–Crippen LogP) is 4.25. The van der Waals surface area contributed by atoms with Gasteiger partial charge in [0.2, 0.25) is 0 Å². The number of esters is 2. The van der Waals surface area contributed by atoms with Crippen LogP contribution in [0.1, 0.15) is 37.8 Å². The predicted molar refractivity (Wildman–Crippen MR) is 118 cm³/mol. The second kappa shape index (κ2) is 14.7. The molecule has 1 unspecified atom stereocenters. The topological polar surface area (TPSA) is 71.1 Å². The number of methoxy groups -OCH3 is 2. The third kappa shape index (κ3) is 10.4. The van der Waals surface area contributed by atoms with E-state index in [-0.39, 0.29) is 32.2 Å². The normalized spacial score (nSPS) is 13.0. The second-order valence-electron chi connectivity index (χ2n) is 6.81. The average molecular weight is 445 g/mol. The Morgan fingerprint density at radius 1 is 0.966 bits per heavy atom. The molecule has 0 saturated heterocycles. The maximum Gasteiger partial charge on any atom is 0.317 e. The van der Waals surface area contributed by atoms with E-state index in [1.807, 2.05) is 45.9 Å². The first-order valence-corrected chi connectivity index (χ1v) is 12.1. The minimum atomic E-state index is -1.06. The van der Waals surface area contributed by atoms with Crippen molar-refractivity contribution in [3.05, 3.63) is 35.4 Å². The van der Waals surface area contributed by atoms with E-state index in [2.05, 4.69) is 6.92 Å². The van der Waals surface area contributed by atoms with Gasteiger partial charge in [0.1, 0.15) is 18.6 Å². The van der Waals surface area contributed by atoms with E-state index in [0.29, 0.717) is 13.0 Å². The van der Waals surface area contributed by atoms with Crippen LogP contribution < -0.4 is 0 Å². The first-order valence-electron chi connectivity index (χ1n) is 9.58. The van der Waals surface area contributed by atoms with Crippen LogP contribution in [-0.4, -0.2) is 51.7 Å². The molecule has 0 bridgehead atoms. The molecule has 1 aromatic rings. The molecule has 1 atom stereocenters. The van der Waals surface area contributed by atoms with Crippen LogP contribution in [0.25, 0.3) is 0 Å². The van der Waals surface area contributed by atoms with E-state index in [4.69, 9.17) is 18.9 Å². The van der Waals surface area contributed by atoms with Crippen molar-refractivity contribution in [3.63, 3.8) is 0 Å². The Bertz CT molecular complexity index is 608. The molecule has 0 radical (unpaired) electrons. The Labute approximate surface area is 181 Å². The third-order valence-electron chi connectivity index (χ3n) is 4.06. The molecule has 6 nitrogen and oxygen atoms in total. The summed E-state index contributed by atoms with van der Waals surface area (Å²) in [5, 5.41) is 0. The standard InChI is InChI=1S/C21H32O6S2/c1-5-28-29-14-18-10-8-17(9-11-18)13-26-20(23)21(2,15-25-4)16-27-19(22)7-6-12-24-3/h8-11H,5-7,12-16H2,1-4H3. The summed E-state index contributed by atoms with van der Waals surface area (Å²) in [4.78, 5) is 24.4. The van der Waals surface area contributed by atoms with Crippen LogP contribution in [0.3, 0.4) is 0 Å². The molecule has 8 heteroatoms. The highest BCUT2D eigenvalue weighted by Crippen LogP contribution is 2.26. The summed E-state index contributed by atoms with van der Waals surface area (Å²) in [7, 11) is 6.73. The summed E-state index contributed by atoms with van der Waals surface area (Å²) in [6.45, 7) is 4.47. The van der Waals surface area contributed by atoms with Crippen LogP contribution in [0.2, 0.25) is 0 Å². The van der Waals surface area contributed by atoms with Gasteiger partial charge in [-0.25, -0.2) is 0 Å². The van der Waals surface area contributed by atoms with E-state index in [0.717, 1.165) is 17.1 Å². The van der Waals surface area contributed by atoms with Gasteiger partial charge in [-0.15, -0.1) is 0 Å². The highest BCUT2D eigenvalue weighted by Gasteiger charge is 2.37. The second-order valence-corrected chi connectivity index (χ2v) is 9.56. The van der Waals surface area contributed by atoms with Gasteiger partial charge in [-0.2, -0.15) is 0 Å². The SMILES string of the molecule is CCSSCc1ccc(COC(=O)C(C)(COC)COC(=O)CCCOC)cc1. The van der Waals surface area contributed by atoms with E-state index < -0.39 is 11.4 Å². The van der Waals surface area contributed by atoms with Crippen LogP contribution in [0, 0.1) is 5.41 Å². The van der Waals surface area contributed by atoms with Crippen LogP contribution in [0.4, 0.5) is 0 Å². The van der Waals surface area contributed by atoms with Gasteiger partial charge in [-0.05, 0) is 24.5 Å². The molecule has 0 aliphatic heterocycles. The highest BCUT2D eigenvalue weighted by molar-refractivity contribution is 8.76. The molecular weight excluding hydrogens is 412 g/mol. The van der Waals surface area contributed by atoms with Crippen molar-refractivity contribution in [2.24, 2.45) is 5.41 Å². The number of carbonyl (C=O) groups excluding carboxylic acids is 2. The van der Waals surface area contributed by atoms with Crippen molar-refractivity contribution in [3.8, 4) is 0 Å². The fourth-order valence-corrected chi connectivity index (χ4v) is 4.14. The molecule has 0 aliphatic carbocycles. The Morgan fingerprint density at radius 3 is 2.28 bits per heavy atom. The van der Waals surface area contributed by atoms with E-state index in [1.54, 1.807) is 14.0 Å². The Morgan fingerprint density at radius 2 is 1.66 bits per heavy atom. The molecule has 164 valence electrons. The summed E-state index contributed by atoms with van der Waals surface area (Å²) in [6.07, 6.45) is 0.819. The molecule has 0 saturated carbocycles. The quantitative estimate of drug-likeness (QED) is 0.226. The zero-order valence-corrected chi connectivity index (χ0v) is 19.4. The molecule has 1 rings (SSSR count). The maximum absolute atomic E-state index is 12.6. The lowest BCUT2D eigenvalue weighted by molar-refractivity contribution is -0.167. The van der Waals surface area contributed by atoms with Gasteiger partial charge in [0, 0.05) is 38.8 Å². The molecule has 0 fully saturated rings. The van der Waals surface area contributed by atoms with E-state index in [1.165, 1.54) is 12.7 Å². The highest BCUT2D eigenvalue weighted by atomic mass is 33.1. The number of ether oxygens (including phenoxy) is 4. The van der Waals surface area contributed by atoms with Gasteiger partial charge in [-0.3, -0.25) is 9.59 Å². The molecule has 0 amide bonds. The van der Waals surface area contributed by atoms with E-state index in [9.17, 15) is 9.59 Å². The summed E-state index contributed by atoms with van der Waals surface area (Å²) in [6, 6.07) is 8.01. The fourth-order valence-electron chi connectivity index (χ4n) is 2.40. The monoisotopic (exact) mass is 444 g/mol. The molecule has 1 aromatic carbocycles. The maximum atomic E-state index is 12.6. The largest absolute Gasteiger partial charge is 0.464 e. The fraction of sp³-hybridized carbons (Fsp3) is 0.619. The van der Waals surface area contributed by atoms with Crippen LogP contribution in [0.5, 0.6) is 0 Å². The number of benzene rings is 1. The van der Waals surface area contributed by atoms with Gasteiger partial charge >= 0.3 is 11.9 Å². The molecule has 0 heterocycles. The lowest BCUT2D eigenvalue weighted by Gasteiger charge is -2.26. The van der Waals surface area contributed by atoms with Crippen LogP contribution in [-0.2, 0) is 40.9 Å². The zero-order valence-electron chi connectivity index (χ0n) is 17.7. The smallest absolute Gasteiger partial charge is 0.317 e. The number of carbonyl (C=O) groups is 2. The third-order valence-corrected chi connectivity index (χ3v) is 6.47. The van der Waals surface area contributed by atoms with Crippen molar-refractivity contribution in [2.75, 3.05) is 39.8 Å². The molecule has 29 heavy (non-hydrogen) atoms. The van der Waals surface area contributed by atoms with E-state index >= 15 is 0 Å². The van der Waals surface area contributed by atoms with Crippen molar-refractivity contribution < 1.29 is 28.5 Å². The first-order chi connectivity index (χ1) is 13.9. The summed E-state index contributed by atoms with van der Waals surface area (Å²) >= 11 is 0. The van der Waals surface area contributed by atoms with Gasteiger partial charge in [0.25, 0.3) is 0 Å². The summed E-state index contributed by atoms with van der Waals surface area (Å²) in [5.41, 5.74) is 1.09. The minimum absolute atomic E-state index is 0.0866. The van der Waals surface area contributed by atoms with Crippen molar-refractivity contribution in [1.29, 1.82) is 0 Å². The van der Waals surface area contributed by atoms with Crippen LogP contribution >= 0.6 is 21.6 Å². The van der Waals surface area contributed by atoms with Crippen molar-refractivity contribution in [1.82, 2.24) is 0 Å². The molecular formula is C21H32O6S2. The van der Waals surface area contributed by atoms with Gasteiger partial charge in [0.15, 0.2) is 0 Å². The number of hydrogen-bond donors (Lipinski definition) is 0. The van der Waals surface area contributed by atoms with Gasteiger partial charge < -0.3 is 18.9 Å². The number of rotatable bonds is 15. The average Bonchev–Trinajstić information content (AvgIpc) is 2.72. The lowest BCUT2D eigenvalue weighted by Crippen LogP contribution is -2.39. The van der Waals surface area contributed by atoms with Crippen LogP contribution in [0.15, 0.2) is 24.3 Å². The minimum Gasteiger partial charge on any atom is -0.464 e. The Hall–Kier alpha value is -1.22.